The Morgan fingerprint density at radius 2 is 2.24 bits per heavy atom. The first-order valence-electron chi connectivity index (χ1n) is 5.34. The minimum absolute atomic E-state index is 0.0815. The smallest absolute Gasteiger partial charge is 0.244 e. The van der Waals surface area contributed by atoms with E-state index in [-0.39, 0.29) is 11.7 Å². The van der Waals surface area contributed by atoms with E-state index < -0.39 is 11.4 Å². The highest BCUT2D eigenvalue weighted by atomic mass is 19.1. The van der Waals surface area contributed by atoms with Crippen LogP contribution in [-0.2, 0) is 4.79 Å². The zero-order chi connectivity index (χ0) is 13.1. The number of carbonyl (C=O) groups excluding carboxylic acids is 1. The Labute approximate surface area is 100.0 Å². The fourth-order valence-electron chi connectivity index (χ4n) is 1.17. The highest BCUT2D eigenvalue weighted by Gasteiger charge is 2.26. The topological polar surface area (TPSA) is 64.4 Å². The molecule has 0 saturated heterocycles. The fourth-order valence-corrected chi connectivity index (χ4v) is 1.17. The maximum Gasteiger partial charge on any atom is 0.244 e. The summed E-state index contributed by atoms with van der Waals surface area (Å²) in [5.41, 5.74) is 5.30. The quantitative estimate of drug-likeness (QED) is 0.844. The fraction of sp³-hybridized carbons (Fsp3) is 0.417. The Hall–Kier alpha value is -1.62. The molecule has 3 N–H and O–H groups in total. The monoisotopic (exact) mass is 240 g/mol. The van der Waals surface area contributed by atoms with Crippen molar-refractivity contribution in [2.75, 3.05) is 12.4 Å². The summed E-state index contributed by atoms with van der Waals surface area (Å²) in [6.07, 6.45) is 0.511. The van der Waals surface area contributed by atoms with E-state index in [1.807, 2.05) is 6.92 Å². The summed E-state index contributed by atoms with van der Waals surface area (Å²) >= 11 is 0. The molecule has 5 heteroatoms. The molecule has 0 aromatic heterocycles. The normalized spacial score (nSPS) is 13.9. The molecule has 0 spiro atoms. The summed E-state index contributed by atoms with van der Waals surface area (Å²) in [4.78, 5) is 11.8. The first kappa shape index (κ1) is 13.4. The highest BCUT2D eigenvalue weighted by Crippen LogP contribution is 2.22. The van der Waals surface area contributed by atoms with Crippen LogP contribution in [0.3, 0.4) is 0 Å². The molecule has 0 radical (unpaired) electrons. The van der Waals surface area contributed by atoms with Crippen molar-refractivity contribution < 1.29 is 13.9 Å². The van der Waals surface area contributed by atoms with Gasteiger partial charge in [-0.2, -0.15) is 0 Å². The van der Waals surface area contributed by atoms with E-state index in [4.69, 9.17) is 10.5 Å². The molecule has 0 heterocycles. The number of amides is 1. The molecule has 0 aliphatic heterocycles. The minimum Gasteiger partial charge on any atom is -0.494 e. The summed E-state index contributed by atoms with van der Waals surface area (Å²) in [7, 11) is 1.36. The molecule has 0 aliphatic carbocycles. The second kappa shape index (κ2) is 5.14. The van der Waals surface area contributed by atoms with Crippen LogP contribution in [0.5, 0.6) is 5.75 Å². The molecule has 1 atom stereocenters. The van der Waals surface area contributed by atoms with Gasteiger partial charge in [-0.15, -0.1) is 0 Å². The van der Waals surface area contributed by atoms with E-state index in [9.17, 15) is 9.18 Å². The van der Waals surface area contributed by atoms with E-state index in [0.717, 1.165) is 0 Å². The summed E-state index contributed by atoms with van der Waals surface area (Å²) in [6.45, 7) is 3.47. The van der Waals surface area contributed by atoms with Crippen LogP contribution < -0.4 is 15.8 Å². The van der Waals surface area contributed by atoms with E-state index >= 15 is 0 Å². The summed E-state index contributed by atoms with van der Waals surface area (Å²) in [5.74, 6) is -0.705. The zero-order valence-corrected chi connectivity index (χ0v) is 10.2. The second-order valence-electron chi connectivity index (χ2n) is 4.07. The van der Waals surface area contributed by atoms with Gasteiger partial charge >= 0.3 is 0 Å². The van der Waals surface area contributed by atoms with Crippen LogP contribution in [0, 0.1) is 5.82 Å². The van der Waals surface area contributed by atoms with Gasteiger partial charge in [0.15, 0.2) is 11.6 Å². The predicted octanol–water partition coefficient (Wildman–Crippen LogP) is 1.90. The number of benzene rings is 1. The Kier molecular flexibility index (Phi) is 4.07. The van der Waals surface area contributed by atoms with Crippen molar-refractivity contribution in [2.24, 2.45) is 5.73 Å². The van der Waals surface area contributed by atoms with Crippen molar-refractivity contribution in [3.63, 3.8) is 0 Å². The number of rotatable bonds is 4. The number of anilines is 1. The SMILES string of the molecule is CCC(C)(N)C(=O)Nc1ccc(F)c(OC)c1. The molecule has 0 fully saturated rings. The molecule has 17 heavy (non-hydrogen) atoms. The van der Waals surface area contributed by atoms with Crippen molar-refractivity contribution in [2.45, 2.75) is 25.8 Å². The largest absolute Gasteiger partial charge is 0.494 e. The average Bonchev–Trinajstić information content (AvgIpc) is 2.31. The molecule has 0 bridgehead atoms. The number of carbonyl (C=O) groups is 1. The van der Waals surface area contributed by atoms with Crippen LogP contribution in [-0.4, -0.2) is 18.6 Å². The predicted molar refractivity (Wildman–Crippen MR) is 64.5 cm³/mol. The number of hydrogen-bond donors (Lipinski definition) is 2. The van der Waals surface area contributed by atoms with Gasteiger partial charge in [-0.25, -0.2) is 4.39 Å². The van der Waals surface area contributed by atoms with Gasteiger partial charge in [-0.05, 0) is 25.5 Å². The van der Waals surface area contributed by atoms with Crippen LogP contribution >= 0.6 is 0 Å². The summed E-state index contributed by atoms with van der Waals surface area (Å²) in [5, 5.41) is 2.62. The molecule has 1 rings (SSSR count). The van der Waals surface area contributed by atoms with Crippen LogP contribution in [0.1, 0.15) is 20.3 Å². The van der Waals surface area contributed by atoms with Gasteiger partial charge < -0.3 is 15.8 Å². The summed E-state index contributed by atoms with van der Waals surface area (Å²) < 4.78 is 18.0. The van der Waals surface area contributed by atoms with Gasteiger partial charge in [0.05, 0.1) is 12.6 Å². The van der Waals surface area contributed by atoms with Crippen molar-refractivity contribution in [1.29, 1.82) is 0 Å². The molecule has 0 saturated carbocycles. The van der Waals surface area contributed by atoms with Crippen molar-refractivity contribution in [3.05, 3.63) is 24.0 Å². The second-order valence-corrected chi connectivity index (χ2v) is 4.07. The van der Waals surface area contributed by atoms with Crippen molar-refractivity contribution in [3.8, 4) is 5.75 Å². The minimum atomic E-state index is -0.943. The standard InChI is InChI=1S/C12H17FN2O2/c1-4-12(2,14)11(16)15-8-5-6-9(13)10(7-8)17-3/h5-7H,4,14H2,1-3H3,(H,15,16). The van der Waals surface area contributed by atoms with Gasteiger partial charge in [-0.3, -0.25) is 4.79 Å². The summed E-state index contributed by atoms with van der Waals surface area (Å²) in [6, 6.07) is 4.11. The molecular formula is C12H17FN2O2. The number of nitrogens with one attached hydrogen (secondary N) is 1. The van der Waals surface area contributed by atoms with Crippen LogP contribution in [0.15, 0.2) is 18.2 Å². The van der Waals surface area contributed by atoms with E-state index in [1.165, 1.54) is 25.3 Å². The van der Waals surface area contributed by atoms with Gasteiger partial charge in [0.25, 0.3) is 0 Å². The average molecular weight is 240 g/mol. The van der Waals surface area contributed by atoms with Crippen LogP contribution in [0.2, 0.25) is 0 Å². The van der Waals surface area contributed by atoms with E-state index in [0.29, 0.717) is 12.1 Å². The number of hydrogen-bond acceptors (Lipinski definition) is 3. The molecule has 1 aromatic carbocycles. The van der Waals surface area contributed by atoms with Gasteiger partial charge in [0, 0.05) is 11.8 Å². The maximum absolute atomic E-state index is 13.1. The van der Waals surface area contributed by atoms with Gasteiger partial charge in [0.1, 0.15) is 0 Å². The number of methoxy groups -OCH3 is 1. The molecule has 0 aliphatic rings. The highest BCUT2D eigenvalue weighted by molar-refractivity contribution is 5.97. The molecule has 1 amide bonds. The number of nitrogens with two attached hydrogens (primary N) is 1. The van der Waals surface area contributed by atoms with Crippen LogP contribution in [0.25, 0.3) is 0 Å². The lowest BCUT2D eigenvalue weighted by Gasteiger charge is -2.21. The maximum atomic E-state index is 13.1. The molecular weight excluding hydrogens is 223 g/mol. The Morgan fingerprint density at radius 1 is 1.59 bits per heavy atom. The molecule has 94 valence electrons. The van der Waals surface area contributed by atoms with E-state index in [1.54, 1.807) is 6.92 Å². The number of halogens is 1. The molecule has 4 nitrogen and oxygen atoms in total. The Bertz CT molecular complexity index is 419. The van der Waals surface area contributed by atoms with Crippen molar-refractivity contribution in [1.82, 2.24) is 0 Å². The Balaban J connectivity index is 2.86. The first-order chi connectivity index (χ1) is 7.90. The third-order valence-electron chi connectivity index (χ3n) is 2.66. The third-order valence-corrected chi connectivity index (χ3v) is 2.66. The van der Waals surface area contributed by atoms with Crippen molar-refractivity contribution >= 4 is 11.6 Å². The lowest BCUT2D eigenvalue weighted by molar-refractivity contribution is -0.120. The first-order valence-corrected chi connectivity index (χ1v) is 5.34. The molecule has 1 aromatic rings. The van der Waals surface area contributed by atoms with Gasteiger partial charge in [0.2, 0.25) is 5.91 Å². The zero-order valence-electron chi connectivity index (χ0n) is 10.2. The number of ether oxygens (including phenoxy) is 1. The van der Waals surface area contributed by atoms with Crippen LogP contribution in [0.4, 0.5) is 10.1 Å². The van der Waals surface area contributed by atoms with Gasteiger partial charge in [-0.1, -0.05) is 6.92 Å². The lowest BCUT2D eigenvalue weighted by Crippen LogP contribution is -2.47. The Morgan fingerprint density at radius 3 is 2.76 bits per heavy atom. The third kappa shape index (κ3) is 3.17. The lowest BCUT2D eigenvalue weighted by atomic mass is 9.99. The van der Waals surface area contributed by atoms with E-state index in [2.05, 4.69) is 5.32 Å². The molecule has 1 unspecified atom stereocenters.